The summed E-state index contributed by atoms with van der Waals surface area (Å²) in [6, 6.07) is 0. The first-order valence-electron chi connectivity index (χ1n) is 0.752. The Morgan fingerprint density at radius 2 is 1.50 bits per heavy atom. The van der Waals surface area contributed by atoms with Gasteiger partial charge in [0.1, 0.15) is 0 Å². The topological polar surface area (TPSA) is 57.5 Å². The van der Waals surface area contributed by atoms with E-state index in [0.717, 1.165) is 0 Å². The maximum Gasteiger partial charge on any atom is 1.00 e. The summed E-state index contributed by atoms with van der Waals surface area (Å²) >= 11 is 0. The van der Waals surface area contributed by atoms with Crippen LogP contribution in [0.1, 0.15) is 1.43 Å². The van der Waals surface area contributed by atoms with Crippen LogP contribution in [-0.4, -0.2) is 9.79 Å². The van der Waals surface area contributed by atoms with Crippen molar-refractivity contribution in [2.24, 2.45) is 0 Å². The van der Waals surface area contributed by atoms with E-state index in [4.69, 9.17) is 14.4 Å². The Bertz CT molecular complexity index is 69.9. The third-order valence-electron chi connectivity index (χ3n) is 0. The smallest absolute Gasteiger partial charge is 1.00 e. The van der Waals surface area contributed by atoms with E-state index < -0.39 is 7.91 Å². The van der Waals surface area contributed by atoms with Gasteiger partial charge in [0, 0.05) is 40.3 Å². The predicted octanol–water partition coefficient (Wildman–Crippen LogP) is -2.84. The first-order chi connectivity index (χ1) is 2.00. The largest absolute Gasteiger partial charge is 1.00 e. The molecule has 3 nitrogen and oxygen atoms in total. The SMILES string of the molecule is O=P(O)(O)F.[H-].[Na+].[Ti].[V]. The van der Waals surface area contributed by atoms with E-state index >= 15 is 0 Å². The molecule has 0 amide bonds. The minimum Gasteiger partial charge on any atom is -1.00 e. The van der Waals surface area contributed by atoms with Crippen LogP contribution in [0.3, 0.4) is 0 Å². The van der Waals surface area contributed by atoms with E-state index in [9.17, 15) is 4.20 Å². The molecule has 0 spiro atoms. The van der Waals surface area contributed by atoms with Gasteiger partial charge in [0.25, 0.3) is 0 Å². The zero-order chi connectivity index (χ0) is 4.50. The average Bonchev–Trinajstić information content (AvgIpc) is 0.722. The summed E-state index contributed by atoms with van der Waals surface area (Å²) in [7, 11) is -5.14. The second-order valence-corrected chi connectivity index (χ2v) is 1.42. The standard InChI is InChI=1S/FH2O3P.Na.Ti.V.H/c1-5(2,3)4;;;;/h(H2,2,3,4);;;;/q;+1;;;-1. The monoisotopic (exact) mass is 223 g/mol. The maximum absolute atomic E-state index is 10.4. The van der Waals surface area contributed by atoms with Crippen LogP contribution in [0, 0.1) is 0 Å². The Balaban J connectivity index is -0.0000000133. The molecule has 0 saturated carbocycles. The van der Waals surface area contributed by atoms with Crippen molar-refractivity contribution in [3.8, 4) is 0 Å². The van der Waals surface area contributed by atoms with Crippen LogP contribution in [0.4, 0.5) is 4.20 Å². The van der Waals surface area contributed by atoms with Crippen molar-refractivity contribution in [3.05, 3.63) is 0 Å². The molecular weight excluding hydrogens is 220 g/mol. The van der Waals surface area contributed by atoms with Crippen LogP contribution < -0.4 is 29.6 Å². The molecule has 0 saturated heterocycles. The van der Waals surface area contributed by atoms with Gasteiger partial charge in [0.05, 0.1) is 0 Å². The van der Waals surface area contributed by atoms with Crippen molar-refractivity contribution in [2.45, 2.75) is 0 Å². The fourth-order valence-corrected chi connectivity index (χ4v) is 0. The number of hydrogen-bond donors (Lipinski definition) is 2. The molecule has 8 heavy (non-hydrogen) atoms. The molecule has 0 aliphatic heterocycles. The molecule has 0 aromatic heterocycles. The molecule has 8 heteroatoms. The first-order valence-corrected chi connectivity index (χ1v) is 2.25. The molecule has 0 aromatic rings. The fraction of sp³-hybridized carbons (Fsp3) is 0. The summed E-state index contributed by atoms with van der Waals surface area (Å²) in [5.41, 5.74) is 0. The van der Waals surface area contributed by atoms with Crippen LogP contribution in [0.25, 0.3) is 0 Å². The van der Waals surface area contributed by atoms with E-state index in [0.29, 0.717) is 0 Å². The number of rotatable bonds is 0. The molecule has 0 aliphatic rings. The first kappa shape index (κ1) is 22.4. The van der Waals surface area contributed by atoms with Gasteiger partial charge in [0.15, 0.2) is 0 Å². The van der Waals surface area contributed by atoms with Gasteiger partial charge in [-0.15, -0.1) is 4.20 Å². The molecule has 43 valence electrons. The van der Waals surface area contributed by atoms with Gasteiger partial charge in [-0.25, -0.2) is 4.57 Å². The van der Waals surface area contributed by atoms with E-state index in [-0.39, 0.29) is 71.3 Å². The average molecular weight is 223 g/mol. The zero-order valence-electron chi connectivity index (χ0n) is 5.08. The van der Waals surface area contributed by atoms with Gasteiger partial charge in [-0.1, -0.05) is 0 Å². The minimum atomic E-state index is -5.14. The van der Waals surface area contributed by atoms with Crippen LogP contribution in [0.5, 0.6) is 0 Å². The molecule has 2 N–H and O–H groups in total. The second kappa shape index (κ2) is 9.38. The molecule has 0 unspecified atom stereocenters. The summed E-state index contributed by atoms with van der Waals surface area (Å²) in [6.07, 6.45) is 0. The van der Waals surface area contributed by atoms with Crippen molar-refractivity contribution in [3.63, 3.8) is 0 Å². The summed E-state index contributed by atoms with van der Waals surface area (Å²) in [5, 5.41) is 0. The van der Waals surface area contributed by atoms with Gasteiger partial charge in [-0.3, -0.25) is 9.79 Å². The number of hydrogen-bond acceptors (Lipinski definition) is 1. The predicted molar refractivity (Wildman–Crippen MR) is 14.3 cm³/mol. The summed E-state index contributed by atoms with van der Waals surface area (Å²) in [4.78, 5) is 13.9. The van der Waals surface area contributed by atoms with Crippen LogP contribution in [-0.2, 0) is 44.8 Å². The number of halogens is 1. The second-order valence-electron chi connectivity index (χ2n) is 0.473. The summed E-state index contributed by atoms with van der Waals surface area (Å²) in [5.74, 6) is 0. The molecular formula is H3FNaO3PTiV. The van der Waals surface area contributed by atoms with Crippen LogP contribution in [0.15, 0.2) is 0 Å². The van der Waals surface area contributed by atoms with E-state index in [1.165, 1.54) is 0 Å². The van der Waals surface area contributed by atoms with Crippen LogP contribution in [0.2, 0.25) is 0 Å². The Kier molecular flexibility index (Phi) is 26.3. The normalized spacial score (nSPS) is 7.38. The quantitative estimate of drug-likeness (QED) is 0.343. The Morgan fingerprint density at radius 3 is 1.50 bits per heavy atom. The van der Waals surface area contributed by atoms with Crippen LogP contribution >= 0.6 is 7.91 Å². The molecule has 0 aromatic carbocycles. The van der Waals surface area contributed by atoms with E-state index in [1.807, 2.05) is 0 Å². The van der Waals surface area contributed by atoms with Gasteiger partial charge in [-0.2, -0.15) is 0 Å². The third-order valence-corrected chi connectivity index (χ3v) is 0. The molecule has 0 fully saturated rings. The minimum absolute atomic E-state index is 0. The Hall–Kier alpha value is 2.38. The molecule has 1 radical (unpaired) electrons. The van der Waals surface area contributed by atoms with Gasteiger partial charge in [-0.05, 0) is 0 Å². The molecule has 0 rings (SSSR count). The van der Waals surface area contributed by atoms with Crippen molar-refractivity contribution in [1.29, 1.82) is 0 Å². The summed E-state index contributed by atoms with van der Waals surface area (Å²) < 4.78 is 19.0. The maximum atomic E-state index is 10.4. The molecule has 0 aliphatic carbocycles. The summed E-state index contributed by atoms with van der Waals surface area (Å²) in [6.45, 7) is 0. The van der Waals surface area contributed by atoms with Gasteiger partial charge >= 0.3 is 37.5 Å². The fourth-order valence-electron chi connectivity index (χ4n) is 0. The Labute approximate surface area is 96.6 Å². The third kappa shape index (κ3) is 80.6. The molecule has 0 bridgehead atoms. The molecule has 0 heterocycles. The van der Waals surface area contributed by atoms with Crippen molar-refractivity contribution in [1.82, 2.24) is 0 Å². The van der Waals surface area contributed by atoms with Gasteiger partial charge < -0.3 is 1.43 Å². The molecule has 0 atom stereocenters. The van der Waals surface area contributed by atoms with E-state index in [1.54, 1.807) is 0 Å². The van der Waals surface area contributed by atoms with Crippen molar-refractivity contribution in [2.75, 3.05) is 0 Å². The van der Waals surface area contributed by atoms with Crippen molar-refractivity contribution < 1.29 is 89.8 Å². The van der Waals surface area contributed by atoms with Gasteiger partial charge in [0.2, 0.25) is 0 Å². The Morgan fingerprint density at radius 1 is 1.50 bits per heavy atom. The zero-order valence-corrected chi connectivity index (χ0v) is 9.93. The van der Waals surface area contributed by atoms with E-state index in [2.05, 4.69) is 0 Å². The van der Waals surface area contributed by atoms with Crippen molar-refractivity contribution >= 4 is 7.91 Å².